The maximum atomic E-state index is 12.1. The second-order valence-corrected chi connectivity index (χ2v) is 8.09. The molecule has 0 aromatic heterocycles. The molecule has 0 radical (unpaired) electrons. The Morgan fingerprint density at radius 1 is 0.750 bits per heavy atom. The molecule has 1 saturated carbocycles. The van der Waals surface area contributed by atoms with E-state index < -0.39 is 0 Å². The van der Waals surface area contributed by atoms with Crippen LogP contribution in [0.25, 0.3) is 0 Å². The van der Waals surface area contributed by atoms with E-state index in [9.17, 15) is 9.59 Å². The molecule has 2 saturated heterocycles. The van der Waals surface area contributed by atoms with Crippen LogP contribution in [0.2, 0.25) is 0 Å². The predicted octanol–water partition coefficient (Wildman–Crippen LogP) is 2.11. The van der Waals surface area contributed by atoms with Gasteiger partial charge in [0.1, 0.15) is 0 Å². The highest BCUT2D eigenvalue weighted by molar-refractivity contribution is 5.77. The van der Waals surface area contributed by atoms with Gasteiger partial charge in [-0.15, -0.1) is 0 Å². The third-order valence-electron chi connectivity index (χ3n) is 6.01. The highest BCUT2D eigenvalue weighted by Gasteiger charge is 2.34. The van der Waals surface area contributed by atoms with Crippen LogP contribution in [0.15, 0.2) is 0 Å². The predicted molar refractivity (Wildman–Crippen MR) is 94.5 cm³/mol. The minimum atomic E-state index is 0.142. The number of hydrogen-bond acceptors (Lipinski definition) is 3. The van der Waals surface area contributed by atoms with Gasteiger partial charge in [-0.3, -0.25) is 9.59 Å². The second kappa shape index (κ2) is 8.84. The summed E-state index contributed by atoms with van der Waals surface area (Å²) in [6, 6.07) is 1.28. The Morgan fingerprint density at radius 2 is 1.29 bits per heavy atom. The maximum Gasteiger partial charge on any atom is 0.220 e. The van der Waals surface area contributed by atoms with Crippen molar-refractivity contribution in [3.8, 4) is 0 Å². The summed E-state index contributed by atoms with van der Waals surface area (Å²) in [6.45, 7) is 1.10. The Morgan fingerprint density at radius 3 is 1.88 bits per heavy atom. The van der Waals surface area contributed by atoms with E-state index in [2.05, 4.69) is 16.0 Å². The van der Waals surface area contributed by atoms with E-state index in [-0.39, 0.29) is 11.8 Å². The number of carbonyl (C=O) groups is 2. The molecule has 3 rings (SSSR count). The molecule has 2 atom stereocenters. The van der Waals surface area contributed by atoms with E-state index in [1.54, 1.807) is 0 Å². The van der Waals surface area contributed by atoms with Gasteiger partial charge in [-0.25, -0.2) is 0 Å². The average molecular weight is 335 g/mol. The smallest absolute Gasteiger partial charge is 0.220 e. The zero-order valence-electron chi connectivity index (χ0n) is 14.8. The highest BCUT2D eigenvalue weighted by atomic mass is 16.2. The number of nitrogens with one attached hydrogen (secondary N) is 3. The third kappa shape index (κ3) is 5.47. The van der Waals surface area contributed by atoms with Gasteiger partial charge < -0.3 is 16.0 Å². The van der Waals surface area contributed by atoms with Crippen LogP contribution in [0.3, 0.4) is 0 Å². The van der Waals surface area contributed by atoms with E-state index in [1.165, 1.54) is 44.9 Å². The number of hydrogen-bond donors (Lipinski definition) is 3. The number of amides is 2. The van der Waals surface area contributed by atoms with Gasteiger partial charge in [0, 0.05) is 38.0 Å². The summed E-state index contributed by atoms with van der Waals surface area (Å²) in [5.41, 5.74) is 0. The largest absolute Gasteiger partial charge is 0.354 e. The summed E-state index contributed by atoms with van der Waals surface area (Å²) < 4.78 is 0. The van der Waals surface area contributed by atoms with Gasteiger partial charge in [0.15, 0.2) is 0 Å². The van der Waals surface area contributed by atoms with Crippen molar-refractivity contribution < 1.29 is 9.59 Å². The van der Waals surface area contributed by atoms with E-state index in [0.29, 0.717) is 49.9 Å². The fraction of sp³-hybridized carbons (Fsp3) is 0.895. The maximum absolute atomic E-state index is 12.1. The zero-order chi connectivity index (χ0) is 16.8. The van der Waals surface area contributed by atoms with E-state index in [4.69, 9.17) is 0 Å². The molecule has 0 spiro atoms. The van der Waals surface area contributed by atoms with Crippen molar-refractivity contribution in [2.45, 2.75) is 82.7 Å². The number of rotatable bonds is 7. The molecule has 3 N–H and O–H groups in total. The van der Waals surface area contributed by atoms with Crippen LogP contribution in [-0.4, -0.2) is 37.0 Å². The molecular weight excluding hydrogens is 302 g/mol. The van der Waals surface area contributed by atoms with Crippen molar-refractivity contribution in [2.75, 3.05) is 13.1 Å². The van der Waals surface area contributed by atoms with Gasteiger partial charge in [-0.05, 0) is 50.4 Å². The summed E-state index contributed by atoms with van der Waals surface area (Å²) in [7, 11) is 0. The fourth-order valence-electron chi connectivity index (χ4n) is 4.81. The lowest BCUT2D eigenvalue weighted by Gasteiger charge is -2.28. The summed E-state index contributed by atoms with van der Waals surface area (Å²) >= 11 is 0. The van der Waals surface area contributed by atoms with E-state index in [0.717, 1.165) is 12.8 Å². The van der Waals surface area contributed by atoms with Gasteiger partial charge in [-0.1, -0.05) is 19.3 Å². The van der Waals surface area contributed by atoms with E-state index >= 15 is 0 Å². The lowest BCUT2D eigenvalue weighted by atomic mass is 9.87. The first-order chi connectivity index (χ1) is 11.7. The first-order valence-electron chi connectivity index (χ1n) is 9.98. The van der Waals surface area contributed by atoms with Gasteiger partial charge in [0.05, 0.1) is 0 Å². The molecule has 3 fully saturated rings. The molecular formula is C19H33N3O2. The zero-order valence-corrected chi connectivity index (χ0v) is 14.8. The Kier molecular flexibility index (Phi) is 6.52. The van der Waals surface area contributed by atoms with Gasteiger partial charge in [0.25, 0.3) is 0 Å². The van der Waals surface area contributed by atoms with Crippen LogP contribution in [0.4, 0.5) is 0 Å². The van der Waals surface area contributed by atoms with Crippen molar-refractivity contribution in [1.82, 2.24) is 16.0 Å². The van der Waals surface area contributed by atoms with Crippen molar-refractivity contribution in [3.05, 3.63) is 0 Å². The molecule has 136 valence electrons. The van der Waals surface area contributed by atoms with Crippen molar-refractivity contribution >= 4 is 11.8 Å². The quantitative estimate of drug-likeness (QED) is 0.624. The minimum Gasteiger partial charge on any atom is -0.354 e. The molecule has 3 aliphatic rings. The number of piperidine rings is 1. The molecule has 2 unspecified atom stereocenters. The van der Waals surface area contributed by atoms with Crippen LogP contribution >= 0.6 is 0 Å². The third-order valence-corrected chi connectivity index (χ3v) is 6.01. The van der Waals surface area contributed by atoms with Crippen molar-refractivity contribution in [1.29, 1.82) is 0 Å². The average Bonchev–Trinajstić information content (AvgIpc) is 2.91. The minimum absolute atomic E-state index is 0.142. The molecule has 5 heteroatoms. The van der Waals surface area contributed by atoms with Crippen molar-refractivity contribution in [2.24, 2.45) is 11.8 Å². The molecule has 1 aliphatic carbocycles. The van der Waals surface area contributed by atoms with Crippen LogP contribution < -0.4 is 16.0 Å². The van der Waals surface area contributed by atoms with E-state index in [1.807, 2.05) is 0 Å². The summed E-state index contributed by atoms with van der Waals surface area (Å²) in [5, 5.41) is 9.53. The molecule has 0 aromatic carbocycles. The highest BCUT2D eigenvalue weighted by Crippen LogP contribution is 2.32. The fourth-order valence-corrected chi connectivity index (χ4v) is 4.81. The summed E-state index contributed by atoms with van der Waals surface area (Å²) in [5.74, 6) is 1.39. The topological polar surface area (TPSA) is 70.2 Å². The van der Waals surface area contributed by atoms with Crippen molar-refractivity contribution in [3.63, 3.8) is 0 Å². The Hall–Kier alpha value is -1.10. The molecule has 24 heavy (non-hydrogen) atoms. The van der Waals surface area contributed by atoms with Gasteiger partial charge in [0.2, 0.25) is 11.8 Å². The first kappa shape index (κ1) is 17.7. The standard InChI is InChI=1S/C19H33N3O2/c23-18(12-14-4-2-1-3-5-14)20-8-9-21-19(24)13-15-10-16-6-7-17(11-15)22-16/h14-17,22H,1-13H2,(H,20,23)(H,21,24). The summed E-state index contributed by atoms with van der Waals surface area (Å²) in [6.07, 6.45) is 12.4. The van der Waals surface area contributed by atoms with Crippen LogP contribution in [-0.2, 0) is 9.59 Å². The van der Waals surface area contributed by atoms with Gasteiger partial charge >= 0.3 is 0 Å². The first-order valence-corrected chi connectivity index (χ1v) is 9.98. The molecule has 2 amide bonds. The monoisotopic (exact) mass is 335 g/mol. The normalized spacial score (nSPS) is 30.1. The molecule has 2 bridgehead atoms. The van der Waals surface area contributed by atoms with Gasteiger partial charge in [-0.2, -0.15) is 0 Å². The van der Waals surface area contributed by atoms with Crippen LogP contribution in [0.5, 0.6) is 0 Å². The molecule has 5 nitrogen and oxygen atoms in total. The Labute approximate surface area is 145 Å². The Balaban J connectivity index is 1.23. The van der Waals surface area contributed by atoms with Crippen LogP contribution in [0.1, 0.15) is 70.6 Å². The second-order valence-electron chi connectivity index (χ2n) is 8.09. The molecule has 2 aliphatic heterocycles. The lowest BCUT2D eigenvalue weighted by molar-refractivity contribution is -0.124. The lowest BCUT2D eigenvalue weighted by Crippen LogP contribution is -2.40. The number of fused-ring (bicyclic) bond motifs is 2. The van der Waals surface area contributed by atoms with Crippen LogP contribution in [0, 0.1) is 11.8 Å². The SMILES string of the molecule is O=C(CC1CCCCC1)NCCNC(=O)CC1CC2CCC(C1)N2. The summed E-state index contributed by atoms with van der Waals surface area (Å²) in [4.78, 5) is 24.0. The number of carbonyl (C=O) groups excluding carboxylic acids is 2. The molecule has 2 heterocycles. The molecule has 0 aromatic rings. The Bertz CT molecular complexity index is 422.